The first-order chi connectivity index (χ1) is 29.7. The number of ether oxygens (including phenoxy) is 2. The first-order valence-electron chi connectivity index (χ1n) is 21.3. The first-order valence-corrected chi connectivity index (χ1v) is 21.2. The minimum atomic E-state index is -1.44. The van der Waals surface area contributed by atoms with Crippen molar-refractivity contribution in [3.63, 3.8) is 0 Å². The van der Waals surface area contributed by atoms with Crippen molar-refractivity contribution >= 4 is 44.7 Å². The Labute approximate surface area is 354 Å². The summed E-state index contributed by atoms with van der Waals surface area (Å²) in [5.74, 6) is 1.13. The zero-order valence-electron chi connectivity index (χ0n) is 35.8. The number of nitrogens with zero attached hydrogens (tertiary/aromatic N) is 1. The molecule has 1 heterocycles. The normalized spacial score (nSPS) is 11.9. The molecular weight excluding hydrogens is 751 g/mol. The predicted molar refractivity (Wildman–Crippen MR) is 243 cm³/mol. The van der Waals surface area contributed by atoms with Gasteiger partial charge in [0.1, 0.15) is 11.5 Å². The van der Waals surface area contributed by atoms with Crippen molar-refractivity contribution in [3.8, 4) is 21.9 Å². The number of thiophene rings is 1. The highest BCUT2D eigenvalue weighted by molar-refractivity contribution is 7.13. The zero-order chi connectivity index (χ0) is 42.6. The van der Waals surface area contributed by atoms with E-state index < -0.39 is 6.37 Å². The molecule has 0 bridgehead atoms. The smallest absolute Gasteiger partial charge is 0.254 e. The number of amides is 2. The Bertz CT molecular complexity index is 2490. The molecule has 7 aromatic rings. The largest absolute Gasteiger partial charge is 0.496 e. The van der Waals surface area contributed by atoms with Gasteiger partial charge in [-0.15, -0.1) is 11.3 Å². The van der Waals surface area contributed by atoms with Crippen LogP contribution in [0, 0.1) is 6.92 Å². The summed E-state index contributed by atoms with van der Waals surface area (Å²) in [6.07, 6.45) is 0.422. The van der Waals surface area contributed by atoms with Crippen LogP contribution in [-0.4, -0.2) is 50.1 Å². The molecule has 0 aliphatic heterocycles. The summed E-state index contributed by atoms with van der Waals surface area (Å²) in [5.41, 5.74) is 5.79. The summed E-state index contributed by atoms with van der Waals surface area (Å²) in [5, 5.41) is 12.7. The fraction of sp³-hybridized carbons (Fsp3) is 0.255. The molecular formula is C51H53N3O4S. The van der Waals surface area contributed by atoms with Gasteiger partial charge in [-0.3, -0.25) is 9.59 Å². The van der Waals surface area contributed by atoms with Crippen molar-refractivity contribution in [1.82, 2.24) is 15.5 Å². The number of fused-ring (bicyclic) bond motifs is 2. The molecule has 2 amide bonds. The fourth-order valence-electron chi connectivity index (χ4n) is 7.28. The van der Waals surface area contributed by atoms with Crippen LogP contribution in [0.3, 0.4) is 0 Å². The van der Waals surface area contributed by atoms with Crippen LogP contribution >= 0.6 is 11.3 Å². The molecule has 7 rings (SSSR count). The van der Waals surface area contributed by atoms with Gasteiger partial charge in [-0.25, -0.2) is 0 Å². The number of carbonyl (C=O) groups is 2. The highest BCUT2D eigenvalue weighted by atomic mass is 32.1. The average Bonchev–Trinajstić information content (AvgIpc) is 3.82. The van der Waals surface area contributed by atoms with Crippen LogP contribution in [0.15, 0.2) is 139 Å². The highest BCUT2D eigenvalue weighted by Gasteiger charge is 2.20. The quantitative estimate of drug-likeness (QED) is 0.0592. The van der Waals surface area contributed by atoms with E-state index in [9.17, 15) is 9.59 Å². The Morgan fingerprint density at radius 3 is 2.22 bits per heavy atom. The second-order valence-electron chi connectivity index (χ2n) is 14.7. The highest BCUT2D eigenvalue weighted by Crippen LogP contribution is 2.31. The van der Waals surface area contributed by atoms with Crippen molar-refractivity contribution in [3.05, 3.63) is 167 Å². The molecule has 7 nitrogen and oxygen atoms in total. The van der Waals surface area contributed by atoms with Crippen molar-refractivity contribution in [2.75, 3.05) is 33.4 Å². The van der Waals surface area contributed by atoms with Crippen LogP contribution in [0.5, 0.6) is 11.5 Å². The van der Waals surface area contributed by atoms with E-state index >= 15 is 0 Å². The van der Waals surface area contributed by atoms with E-state index in [0.29, 0.717) is 75.5 Å². The molecule has 0 unspecified atom stereocenters. The monoisotopic (exact) mass is 805 g/mol. The van der Waals surface area contributed by atoms with Gasteiger partial charge in [-0.2, -0.15) is 0 Å². The third-order valence-corrected chi connectivity index (χ3v) is 11.4. The predicted octanol–water partition coefficient (Wildman–Crippen LogP) is 10.8. The second-order valence-corrected chi connectivity index (χ2v) is 15.7. The molecule has 0 aliphatic rings. The standard InChI is InChI=1S/C51H53N3O4S/c1-37-18-20-38(21-19-37)35-54(51(56)40-24-22-39(23-25-40)49-16-9-32-59-49)36-43-26-27-44(34-48(43)57-2)58-31-8-17-50(55)53-30-10-29-52-28-7-15-47-45-13-5-3-11-41(45)33-42-12-4-6-14-46(42)47/h3-6,9,11-14,16,18-27,32-34,52H,7-8,10,15,17,28-31,35-36H2,1-2H3,(H,53,55)/i7D2. The number of carbonyl (C=O) groups excluding carboxylic acids is 2. The van der Waals surface area contributed by atoms with Gasteiger partial charge in [0.2, 0.25) is 5.91 Å². The number of rotatable bonds is 20. The second kappa shape index (κ2) is 20.6. The molecule has 2 N–H and O–H groups in total. The lowest BCUT2D eigenvalue weighted by Crippen LogP contribution is -2.30. The Kier molecular flexibility index (Phi) is 13.5. The van der Waals surface area contributed by atoms with Crippen LogP contribution in [0.1, 0.15) is 61.0 Å². The summed E-state index contributed by atoms with van der Waals surface area (Å²) >= 11 is 1.67. The van der Waals surface area contributed by atoms with Crippen LogP contribution in [0.2, 0.25) is 0 Å². The zero-order valence-corrected chi connectivity index (χ0v) is 34.7. The molecule has 1 aromatic heterocycles. The van der Waals surface area contributed by atoms with Gasteiger partial charge in [0.15, 0.2) is 0 Å². The van der Waals surface area contributed by atoms with E-state index in [-0.39, 0.29) is 18.4 Å². The lowest BCUT2D eigenvalue weighted by atomic mass is 9.94. The molecule has 59 heavy (non-hydrogen) atoms. The maximum absolute atomic E-state index is 14.0. The molecule has 6 aromatic carbocycles. The molecule has 302 valence electrons. The minimum Gasteiger partial charge on any atom is -0.496 e. The number of aryl methyl sites for hydroxylation is 2. The average molecular weight is 806 g/mol. The van der Waals surface area contributed by atoms with Gasteiger partial charge in [-0.05, 0) is 126 Å². The minimum absolute atomic E-state index is 0.0470. The molecule has 0 spiro atoms. The van der Waals surface area contributed by atoms with E-state index in [1.807, 2.05) is 90.0 Å². The fourth-order valence-corrected chi connectivity index (χ4v) is 8.01. The van der Waals surface area contributed by atoms with Crippen LogP contribution in [0.25, 0.3) is 32.0 Å². The van der Waals surface area contributed by atoms with Crippen molar-refractivity contribution < 1.29 is 21.8 Å². The Morgan fingerprint density at radius 2 is 1.51 bits per heavy atom. The van der Waals surface area contributed by atoms with Crippen molar-refractivity contribution in [1.29, 1.82) is 0 Å². The van der Waals surface area contributed by atoms with E-state index in [1.165, 1.54) is 0 Å². The number of benzene rings is 6. The molecule has 8 heteroatoms. The maximum Gasteiger partial charge on any atom is 0.254 e. The maximum atomic E-state index is 14.0. The summed E-state index contributed by atoms with van der Waals surface area (Å²) in [6, 6.07) is 44.3. The van der Waals surface area contributed by atoms with Gasteiger partial charge >= 0.3 is 0 Å². The molecule has 0 saturated heterocycles. The summed E-state index contributed by atoms with van der Waals surface area (Å²) < 4.78 is 29.4. The van der Waals surface area contributed by atoms with Gasteiger partial charge in [-0.1, -0.05) is 96.6 Å². The third kappa shape index (κ3) is 11.2. The summed E-state index contributed by atoms with van der Waals surface area (Å²) in [4.78, 5) is 29.6. The van der Waals surface area contributed by atoms with E-state index in [2.05, 4.69) is 71.3 Å². The van der Waals surface area contributed by atoms with E-state index in [4.69, 9.17) is 12.2 Å². The summed E-state index contributed by atoms with van der Waals surface area (Å²) in [6.45, 7) is 4.51. The molecule has 0 aliphatic carbocycles. The van der Waals surface area contributed by atoms with Crippen molar-refractivity contribution in [2.24, 2.45) is 0 Å². The van der Waals surface area contributed by atoms with Gasteiger partial charge in [0.25, 0.3) is 5.91 Å². The number of methoxy groups -OCH3 is 1. The molecule has 0 fully saturated rings. The van der Waals surface area contributed by atoms with Gasteiger partial charge in [0, 0.05) is 50.9 Å². The molecule has 0 radical (unpaired) electrons. The van der Waals surface area contributed by atoms with Crippen LogP contribution < -0.4 is 20.1 Å². The lowest BCUT2D eigenvalue weighted by Gasteiger charge is -2.24. The molecule has 0 atom stereocenters. The Balaban J connectivity index is 0.849. The molecule has 0 saturated carbocycles. The number of hydrogen-bond acceptors (Lipinski definition) is 6. The lowest BCUT2D eigenvalue weighted by molar-refractivity contribution is -0.121. The summed E-state index contributed by atoms with van der Waals surface area (Å²) in [7, 11) is 1.61. The van der Waals surface area contributed by atoms with Gasteiger partial charge in [0.05, 0.1) is 13.7 Å². The van der Waals surface area contributed by atoms with E-state index in [1.54, 1.807) is 18.4 Å². The topological polar surface area (TPSA) is 79.9 Å². The number of nitrogens with one attached hydrogen (secondary N) is 2. The van der Waals surface area contributed by atoms with E-state index in [0.717, 1.165) is 54.2 Å². The van der Waals surface area contributed by atoms with Crippen LogP contribution in [0.4, 0.5) is 0 Å². The SMILES string of the molecule is [2H]C([2H])(CNCCCNC(=O)CCCOc1ccc(CN(Cc2ccc(C)cc2)C(=O)c2ccc(-c3cccs3)cc2)c(OC)c1)Cc1c2ccccc2cc2ccccc12. The van der Waals surface area contributed by atoms with Crippen LogP contribution in [-0.2, 0) is 24.3 Å². The Hall–Kier alpha value is -5.96. The van der Waals surface area contributed by atoms with Crippen molar-refractivity contribution in [2.45, 2.75) is 52.1 Å². The van der Waals surface area contributed by atoms with Gasteiger partial charge < -0.3 is 25.0 Å². The Morgan fingerprint density at radius 1 is 0.763 bits per heavy atom. The first kappa shape index (κ1) is 38.6. The number of hydrogen-bond donors (Lipinski definition) is 2. The third-order valence-electron chi connectivity index (χ3n) is 10.4.